The molecule has 0 fully saturated rings. The highest BCUT2D eigenvalue weighted by Gasteiger charge is 2.23. The van der Waals surface area contributed by atoms with Crippen molar-refractivity contribution in [3.63, 3.8) is 0 Å². The van der Waals surface area contributed by atoms with Gasteiger partial charge >= 0.3 is 0 Å². The fraction of sp³-hybridized carbons (Fsp3) is 0.897. The molecule has 0 radical (unpaired) electrons. The molecule has 0 unspecified atom stereocenters. The van der Waals surface area contributed by atoms with Gasteiger partial charge in [0.1, 0.15) is 0 Å². The molecule has 0 aromatic rings. The summed E-state index contributed by atoms with van der Waals surface area (Å²) in [6, 6.07) is 0. The van der Waals surface area contributed by atoms with Crippen LogP contribution in [0.5, 0.6) is 0 Å². The van der Waals surface area contributed by atoms with Crippen LogP contribution in [0.15, 0.2) is 12.7 Å². The third kappa shape index (κ3) is 23.8. The fourth-order valence-electron chi connectivity index (χ4n) is 4.49. The molecule has 0 aliphatic carbocycles. The molecule has 0 aliphatic heterocycles. The topological polar surface area (TPSA) is 43.1 Å². The summed E-state index contributed by atoms with van der Waals surface area (Å²) in [5.41, 5.74) is 4.53. The van der Waals surface area contributed by atoms with Gasteiger partial charge in [-0.1, -0.05) is 104 Å². The van der Waals surface area contributed by atoms with Crippen molar-refractivity contribution < 1.29 is 9.28 Å². The maximum atomic E-state index is 9.47. The quantitative estimate of drug-likeness (QED) is 0.0939. The van der Waals surface area contributed by atoms with Crippen molar-refractivity contribution in [1.82, 2.24) is 0 Å². The molecule has 3 heteroatoms. The van der Waals surface area contributed by atoms with E-state index in [0.29, 0.717) is 0 Å². The second-order valence-electron chi connectivity index (χ2n) is 9.74. The van der Waals surface area contributed by atoms with E-state index in [1.807, 2.05) is 0 Å². The Bertz CT molecular complexity index is 354. The van der Waals surface area contributed by atoms with Crippen LogP contribution in [0.1, 0.15) is 143 Å². The Morgan fingerprint density at radius 3 is 1.06 bits per heavy atom. The van der Waals surface area contributed by atoms with Gasteiger partial charge in [-0.15, -0.1) is 0 Å². The van der Waals surface area contributed by atoms with Crippen molar-refractivity contribution in [2.24, 2.45) is 5.73 Å². The number of carbonyl (C=O) groups excluding carboxylic acids is 1. The summed E-state index contributed by atoms with van der Waals surface area (Å²) in [5, 5.41) is 0. The molecule has 3 nitrogen and oxygen atoms in total. The van der Waals surface area contributed by atoms with Crippen molar-refractivity contribution in [2.75, 3.05) is 26.2 Å². The molecule has 0 saturated heterocycles. The number of primary amides is 1. The number of quaternary nitrogens is 1. The largest absolute Gasteiger partial charge is 0.366 e. The molecule has 0 heterocycles. The van der Waals surface area contributed by atoms with Crippen LogP contribution < -0.4 is 5.73 Å². The Hall–Kier alpha value is -0.830. The first kappa shape index (κ1) is 33.3. The van der Waals surface area contributed by atoms with Crippen molar-refractivity contribution >= 4 is 5.91 Å². The van der Waals surface area contributed by atoms with Gasteiger partial charge in [-0.3, -0.25) is 4.79 Å². The molecule has 192 valence electrons. The van der Waals surface area contributed by atoms with E-state index in [9.17, 15) is 4.79 Å². The van der Waals surface area contributed by atoms with Gasteiger partial charge < -0.3 is 10.2 Å². The Labute approximate surface area is 203 Å². The van der Waals surface area contributed by atoms with Crippen molar-refractivity contribution in [3.8, 4) is 0 Å². The van der Waals surface area contributed by atoms with Gasteiger partial charge in [0.25, 0.3) is 0 Å². The monoisotopic (exact) mass is 453 g/mol. The second-order valence-corrected chi connectivity index (χ2v) is 9.74. The lowest BCUT2D eigenvalue weighted by Gasteiger charge is -2.38. The summed E-state index contributed by atoms with van der Waals surface area (Å²) in [6.45, 7) is 18.2. The average Bonchev–Trinajstić information content (AvgIpc) is 2.80. The molecule has 32 heavy (non-hydrogen) atoms. The van der Waals surface area contributed by atoms with Gasteiger partial charge in [0.15, 0.2) is 0 Å². The first-order chi connectivity index (χ1) is 15.5. The van der Waals surface area contributed by atoms with Crippen molar-refractivity contribution in [1.29, 1.82) is 0 Å². The Morgan fingerprint density at radius 1 is 0.594 bits per heavy atom. The number of hydrogen-bond donors (Lipinski definition) is 1. The van der Waals surface area contributed by atoms with E-state index in [2.05, 4.69) is 40.0 Å². The molecule has 0 atom stereocenters. The molecule has 0 aromatic carbocycles. The average molecular weight is 454 g/mol. The zero-order valence-electron chi connectivity index (χ0n) is 22.8. The molecule has 0 spiro atoms. The molecule has 0 rings (SSSR count). The predicted octanol–water partition coefficient (Wildman–Crippen LogP) is 8.56. The Kier molecular flexibility index (Phi) is 27.5. The van der Waals surface area contributed by atoms with Gasteiger partial charge in [-0.25, -0.2) is 0 Å². The third-order valence-electron chi connectivity index (χ3n) is 6.83. The van der Waals surface area contributed by atoms with Crippen LogP contribution in [0, 0.1) is 0 Å². The van der Waals surface area contributed by atoms with Crippen LogP contribution in [0.2, 0.25) is 0 Å². The van der Waals surface area contributed by atoms with Crippen LogP contribution in [-0.2, 0) is 4.79 Å². The fourth-order valence-corrected chi connectivity index (χ4v) is 4.49. The highest BCUT2D eigenvalue weighted by Crippen LogP contribution is 2.18. The number of unbranched alkanes of at least 4 members (excludes halogenated alkanes) is 15. The SMILES string of the molecule is C=CC(N)=O.CCCCCCCC[N+](CC)(CCCCCCCC)CCCCCCCC. The van der Waals surface area contributed by atoms with Gasteiger partial charge in [-0.05, 0) is 51.5 Å². The lowest BCUT2D eigenvalue weighted by Crippen LogP contribution is -2.50. The number of carbonyl (C=O) groups is 1. The van der Waals surface area contributed by atoms with Crippen LogP contribution in [-0.4, -0.2) is 36.6 Å². The maximum absolute atomic E-state index is 9.47. The van der Waals surface area contributed by atoms with Crippen LogP contribution in [0.4, 0.5) is 0 Å². The van der Waals surface area contributed by atoms with E-state index >= 15 is 0 Å². The van der Waals surface area contributed by atoms with Gasteiger partial charge in [0.05, 0.1) is 26.2 Å². The van der Waals surface area contributed by atoms with Gasteiger partial charge in [0, 0.05) is 0 Å². The molecular weight excluding hydrogens is 392 g/mol. The standard InChI is InChI=1S/C26H56N.C3H5NO/c1-5-9-12-15-18-21-24-27(8-4,25-22-19-16-13-10-6-2)26-23-20-17-14-11-7-3;1-2-3(4)5/h5-26H2,1-4H3;2H,1H2,(H2,4,5)/q+1;. The minimum Gasteiger partial charge on any atom is -0.366 e. The van der Waals surface area contributed by atoms with E-state index in [4.69, 9.17) is 0 Å². The summed E-state index contributed by atoms with van der Waals surface area (Å²) < 4.78 is 1.43. The molecule has 0 aliphatic rings. The van der Waals surface area contributed by atoms with Crippen LogP contribution in [0.25, 0.3) is 0 Å². The summed E-state index contributed by atoms with van der Waals surface area (Å²) in [4.78, 5) is 9.47. The molecule has 0 aromatic heterocycles. The molecule has 1 amide bonds. The van der Waals surface area contributed by atoms with E-state index in [1.54, 1.807) is 0 Å². The number of nitrogens with two attached hydrogens (primary N) is 1. The molecule has 0 bridgehead atoms. The Morgan fingerprint density at radius 2 is 0.844 bits per heavy atom. The predicted molar refractivity (Wildman–Crippen MR) is 145 cm³/mol. The number of nitrogens with zero attached hydrogens (tertiary/aromatic N) is 1. The lowest BCUT2D eigenvalue weighted by atomic mass is 10.1. The van der Waals surface area contributed by atoms with E-state index < -0.39 is 5.91 Å². The lowest BCUT2D eigenvalue weighted by molar-refractivity contribution is -0.927. The molecular formula is C29H61N2O+. The van der Waals surface area contributed by atoms with E-state index in [1.165, 1.54) is 146 Å². The summed E-state index contributed by atoms with van der Waals surface area (Å²) >= 11 is 0. The zero-order chi connectivity index (χ0) is 24.3. The minimum absolute atomic E-state index is 0.481. The highest BCUT2D eigenvalue weighted by molar-refractivity contribution is 5.84. The normalized spacial score (nSPS) is 11.1. The number of hydrogen-bond acceptors (Lipinski definition) is 1. The molecule has 0 saturated carbocycles. The van der Waals surface area contributed by atoms with Gasteiger partial charge in [-0.2, -0.15) is 0 Å². The van der Waals surface area contributed by atoms with E-state index in [-0.39, 0.29) is 0 Å². The molecule has 2 N–H and O–H groups in total. The summed E-state index contributed by atoms with van der Waals surface area (Å²) in [5.74, 6) is -0.481. The second kappa shape index (κ2) is 26.4. The van der Waals surface area contributed by atoms with Gasteiger partial charge in [0.2, 0.25) is 5.91 Å². The van der Waals surface area contributed by atoms with Crippen molar-refractivity contribution in [3.05, 3.63) is 12.7 Å². The summed E-state index contributed by atoms with van der Waals surface area (Å²) in [7, 11) is 0. The Balaban J connectivity index is 0. The van der Waals surface area contributed by atoms with Crippen LogP contribution >= 0.6 is 0 Å². The number of amides is 1. The van der Waals surface area contributed by atoms with Crippen LogP contribution in [0.3, 0.4) is 0 Å². The minimum atomic E-state index is -0.481. The first-order valence-electron chi connectivity index (χ1n) is 14.3. The third-order valence-corrected chi connectivity index (χ3v) is 6.83. The van der Waals surface area contributed by atoms with Crippen molar-refractivity contribution in [2.45, 2.75) is 143 Å². The maximum Gasteiger partial charge on any atom is 0.240 e. The smallest absolute Gasteiger partial charge is 0.240 e. The first-order valence-corrected chi connectivity index (χ1v) is 14.3. The summed E-state index contributed by atoms with van der Waals surface area (Å²) in [6.07, 6.45) is 27.0. The number of rotatable bonds is 23. The zero-order valence-corrected chi connectivity index (χ0v) is 22.8. The highest BCUT2D eigenvalue weighted by atomic mass is 16.1. The van der Waals surface area contributed by atoms with E-state index in [0.717, 1.165) is 6.08 Å².